The molecular weight excluding hydrogens is 592 g/mol. The Morgan fingerprint density at radius 2 is 1.47 bits per heavy atom. The van der Waals surface area contributed by atoms with Crippen LogP contribution < -0.4 is 23.7 Å². The van der Waals surface area contributed by atoms with Crippen LogP contribution in [-0.4, -0.2) is 75.3 Å². The first-order chi connectivity index (χ1) is 20.1. The van der Waals surface area contributed by atoms with Crippen molar-refractivity contribution in [1.82, 2.24) is 0 Å². The van der Waals surface area contributed by atoms with E-state index in [1.165, 1.54) is 34.5 Å². The first kappa shape index (κ1) is 36.4. The summed E-state index contributed by atoms with van der Waals surface area (Å²) in [7, 11) is 0.652. The lowest BCUT2D eigenvalue weighted by atomic mass is 9.90. The molecule has 0 aliphatic heterocycles. The van der Waals surface area contributed by atoms with Gasteiger partial charge >= 0.3 is 0 Å². The van der Waals surface area contributed by atoms with Crippen LogP contribution in [0.1, 0.15) is 69.0 Å². The molecule has 2 atom stereocenters. The van der Waals surface area contributed by atoms with E-state index in [4.69, 9.17) is 28.1 Å². The molecule has 0 heterocycles. The number of aliphatic hydroxyl groups is 1. The summed E-state index contributed by atoms with van der Waals surface area (Å²) in [5.41, 5.74) is 0.182. The van der Waals surface area contributed by atoms with Gasteiger partial charge in [0, 0.05) is 12.0 Å². The van der Waals surface area contributed by atoms with Crippen LogP contribution in [0.3, 0.4) is 0 Å². The van der Waals surface area contributed by atoms with Crippen molar-refractivity contribution >= 4 is 24.7 Å². The lowest BCUT2D eigenvalue weighted by Gasteiger charge is -2.32. The third-order valence-corrected chi connectivity index (χ3v) is 9.25. The van der Waals surface area contributed by atoms with E-state index in [0.717, 1.165) is 0 Å². The summed E-state index contributed by atoms with van der Waals surface area (Å²) in [6.07, 6.45) is -1.07. The Morgan fingerprint density at radius 3 is 1.93 bits per heavy atom. The quantitative estimate of drug-likeness (QED) is 0.171. The van der Waals surface area contributed by atoms with Crippen LogP contribution in [0.2, 0.25) is 13.1 Å². The molecule has 0 spiro atoms. The highest BCUT2D eigenvalue weighted by atomic mass is 32.2. The maximum Gasteiger partial charge on any atom is 0.205 e. The zero-order valence-electron chi connectivity index (χ0n) is 27.0. The minimum atomic E-state index is -3.97. The number of carbonyl (C=O) groups excluding carboxylic acids is 1. The summed E-state index contributed by atoms with van der Waals surface area (Å²) in [4.78, 5) is 13.0. The van der Waals surface area contributed by atoms with Gasteiger partial charge in [-0.3, -0.25) is 4.79 Å². The van der Waals surface area contributed by atoms with Crippen LogP contribution in [0.15, 0.2) is 29.2 Å². The van der Waals surface area contributed by atoms with Crippen molar-refractivity contribution in [3.8, 4) is 28.7 Å². The number of hydrogen-bond acceptors (Lipinski definition) is 10. The molecule has 2 aromatic carbocycles. The molecule has 0 fully saturated rings. The van der Waals surface area contributed by atoms with E-state index >= 15 is 0 Å². The van der Waals surface area contributed by atoms with Gasteiger partial charge in [0.25, 0.3) is 0 Å². The molecule has 1 radical (unpaired) electrons. The Balaban J connectivity index is 2.47. The van der Waals surface area contributed by atoms with Crippen LogP contribution in [0.25, 0.3) is 0 Å². The zero-order chi connectivity index (χ0) is 32.5. The molecule has 0 bridgehead atoms. The minimum absolute atomic E-state index is 0.0263. The minimum Gasteiger partial charge on any atom is -0.493 e. The first-order valence-corrected chi connectivity index (χ1v) is 18.2. The number of ketones is 1. The molecule has 2 aromatic rings. The molecule has 0 aliphatic rings. The molecule has 12 heteroatoms. The highest BCUT2D eigenvalue weighted by Crippen LogP contribution is 2.41. The molecule has 0 aliphatic carbocycles. The summed E-state index contributed by atoms with van der Waals surface area (Å²) in [6, 6.07) is 6.07. The summed E-state index contributed by atoms with van der Waals surface area (Å²) >= 11 is 0. The van der Waals surface area contributed by atoms with Gasteiger partial charge in [-0.15, -0.1) is 0 Å². The highest BCUT2D eigenvalue weighted by Gasteiger charge is 2.35. The molecule has 2 rings (SSSR count). The van der Waals surface area contributed by atoms with Gasteiger partial charge < -0.3 is 33.2 Å². The maximum atomic E-state index is 13.9. The predicted octanol–water partition coefficient (Wildman–Crippen LogP) is 5.66. The van der Waals surface area contributed by atoms with Gasteiger partial charge in [-0.1, -0.05) is 27.7 Å². The molecule has 241 valence electrons. The molecule has 0 saturated carbocycles. The molecule has 0 amide bonds. The largest absolute Gasteiger partial charge is 0.493 e. The van der Waals surface area contributed by atoms with Crippen molar-refractivity contribution in [2.75, 3.05) is 40.8 Å². The summed E-state index contributed by atoms with van der Waals surface area (Å²) in [5, 5.41) is 11.2. The van der Waals surface area contributed by atoms with Crippen molar-refractivity contribution < 1.29 is 46.4 Å². The van der Waals surface area contributed by atoms with Crippen LogP contribution in [0.4, 0.5) is 0 Å². The van der Waals surface area contributed by atoms with Crippen molar-refractivity contribution in [2.45, 2.75) is 77.2 Å². The first-order valence-electron chi connectivity index (χ1n) is 14.2. The molecule has 1 N–H and O–H groups in total. The number of benzene rings is 2. The van der Waals surface area contributed by atoms with Crippen LogP contribution >= 0.6 is 0 Å². The van der Waals surface area contributed by atoms with Crippen molar-refractivity contribution in [1.29, 1.82) is 0 Å². The second kappa shape index (κ2) is 15.8. The van der Waals surface area contributed by atoms with Gasteiger partial charge in [-0.25, -0.2) is 8.42 Å². The zero-order valence-corrected chi connectivity index (χ0v) is 28.8. The fourth-order valence-electron chi connectivity index (χ4n) is 4.37. The number of hydrogen-bond donors (Lipinski definition) is 1. The van der Waals surface area contributed by atoms with Gasteiger partial charge in [0.1, 0.15) is 4.90 Å². The Kier molecular flexibility index (Phi) is 13.4. The molecule has 43 heavy (non-hydrogen) atoms. The number of sulfone groups is 1. The third-order valence-electron chi connectivity index (χ3n) is 6.78. The maximum absolute atomic E-state index is 13.9. The normalized spacial score (nSPS) is 13.4. The van der Waals surface area contributed by atoms with Crippen molar-refractivity contribution in [2.24, 2.45) is 5.41 Å². The van der Waals surface area contributed by atoms with E-state index in [1.54, 1.807) is 18.2 Å². The van der Waals surface area contributed by atoms with Crippen LogP contribution in [0.5, 0.6) is 28.7 Å². The average molecular weight is 640 g/mol. The van der Waals surface area contributed by atoms with E-state index in [0.29, 0.717) is 34.8 Å². The predicted molar refractivity (Wildman–Crippen MR) is 167 cm³/mol. The lowest BCUT2D eigenvalue weighted by molar-refractivity contribution is 0.0939. The van der Waals surface area contributed by atoms with Crippen LogP contribution in [-0.2, 0) is 14.3 Å². The Labute approximate surface area is 258 Å². The standard InChI is InChI=1S/C31H47O10SSi/c1-11-14-40-30-26(38-7)17-21(18-27(30)42(34,35)19-28(31(2,3)4)41-43(9)10)23(33)13-12-22(32)20-15-24(36-5)29(39-8)25(16-20)37-6/h15-18,23,28,33H,11-14,19H2,1-10H3/t23-,28?/m0/s1. The van der Waals surface area contributed by atoms with Crippen molar-refractivity contribution in [3.05, 3.63) is 35.4 Å². The fraction of sp³-hybridized carbons (Fsp3) is 0.581. The lowest BCUT2D eigenvalue weighted by Crippen LogP contribution is -2.39. The van der Waals surface area contributed by atoms with Crippen molar-refractivity contribution in [3.63, 3.8) is 0 Å². The number of ether oxygens (including phenoxy) is 5. The fourth-order valence-corrected chi connectivity index (χ4v) is 7.40. The van der Waals surface area contributed by atoms with E-state index in [-0.39, 0.29) is 47.4 Å². The molecule has 0 aromatic heterocycles. The summed E-state index contributed by atoms with van der Waals surface area (Å²) in [5.74, 6) is 0.792. The highest BCUT2D eigenvalue weighted by molar-refractivity contribution is 7.91. The van der Waals surface area contributed by atoms with Gasteiger partial charge in [0.15, 0.2) is 38.6 Å². The molecule has 0 saturated heterocycles. The van der Waals surface area contributed by atoms with Crippen LogP contribution in [0, 0.1) is 5.41 Å². The smallest absolute Gasteiger partial charge is 0.205 e. The van der Waals surface area contributed by atoms with E-state index in [2.05, 4.69) is 0 Å². The number of carbonyl (C=O) groups is 1. The van der Waals surface area contributed by atoms with E-state index in [9.17, 15) is 18.3 Å². The van der Waals surface area contributed by atoms with Gasteiger partial charge in [0.2, 0.25) is 14.8 Å². The van der Waals surface area contributed by atoms with Gasteiger partial charge in [0.05, 0.1) is 53.0 Å². The topological polar surface area (TPSA) is 127 Å². The summed E-state index contributed by atoms with van der Waals surface area (Å²) < 4.78 is 61.5. The number of rotatable bonds is 17. The van der Waals surface area contributed by atoms with Gasteiger partial charge in [-0.2, -0.15) is 0 Å². The second-order valence-electron chi connectivity index (χ2n) is 11.5. The average Bonchev–Trinajstić information content (AvgIpc) is 2.95. The third kappa shape index (κ3) is 9.59. The number of aliphatic hydroxyl groups excluding tert-OH is 1. The molecule has 1 unspecified atom stereocenters. The summed E-state index contributed by atoms with van der Waals surface area (Å²) in [6.45, 7) is 11.9. The number of methoxy groups -OCH3 is 4. The molecule has 10 nitrogen and oxygen atoms in total. The number of Topliss-reactive ketones (excluding diaryl/α,β-unsaturated/α-hetero) is 1. The SMILES string of the molecule is CCCOc1c(OC)cc([C@@H](O)CCC(=O)c2cc(OC)c(OC)c(OC)c2)cc1S(=O)(=O)CC(O[Si](C)C)C(C)(C)C. The molecular formula is C31H47O10SSi. The monoisotopic (exact) mass is 639 g/mol. The Bertz CT molecular complexity index is 1310. The second-order valence-corrected chi connectivity index (χ2v) is 15.5. The van der Waals surface area contributed by atoms with E-state index < -0.39 is 36.5 Å². The van der Waals surface area contributed by atoms with Gasteiger partial charge in [-0.05, 0) is 61.2 Å². The Morgan fingerprint density at radius 1 is 0.907 bits per heavy atom. The Hall–Kier alpha value is -2.80. The van der Waals surface area contributed by atoms with E-state index in [1.807, 2.05) is 40.8 Å².